The van der Waals surface area contributed by atoms with Gasteiger partial charge >= 0.3 is 5.97 Å². The molecular weight excluding hydrogens is 392 g/mol. The molecule has 0 fully saturated rings. The fourth-order valence-corrected chi connectivity index (χ4v) is 2.68. The smallest absolute Gasteiger partial charge is 0.338 e. The molecule has 9 heteroatoms. The number of primary amides is 1. The summed E-state index contributed by atoms with van der Waals surface area (Å²) in [6, 6.07) is 11.8. The Hall–Kier alpha value is -3.75. The molecule has 0 saturated carbocycles. The van der Waals surface area contributed by atoms with Crippen LogP contribution in [-0.2, 0) is 14.3 Å². The lowest BCUT2D eigenvalue weighted by Gasteiger charge is -2.21. The van der Waals surface area contributed by atoms with E-state index in [0.717, 1.165) is 0 Å². The lowest BCUT2D eigenvalue weighted by Crippen LogP contribution is -2.34. The van der Waals surface area contributed by atoms with Crippen LogP contribution in [0, 0.1) is 0 Å². The molecule has 0 aliphatic rings. The molecule has 0 saturated heterocycles. The van der Waals surface area contributed by atoms with Gasteiger partial charge in [0, 0.05) is 12.2 Å². The first-order chi connectivity index (χ1) is 14.4. The molecular formula is C21H24N2O7. The van der Waals surface area contributed by atoms with Gasteiger partial charge in [0.05, 0.1) is 19.8 Å². The maximum absolute atomic E-state index is 12.5. The second-order valence-corrected chi connectivity index (χ2v) is 6.01. The monoisotopic (exact) mass is 416 g/mol. The number of nitrogens with two attached hydrogens (primary N) is 1. The third-order valence-electron chi connectivity index (χ3n) is 4.07. The predicted octanol–water partition coefficient (Wildman–Crippen LogP) is 1.78. The van der Waals surface area contributed by atoms with Crippen LogP contribution >= 0.6 is 0 Å². The van der Waals surface area contributed by atoms with Crippen molar-refractivity contribution >= 4 is 23.5 Å². The molecule has 2 aromatic carbocycles. The Bertz CT molecular complexity index is 874. The van der Waals surface area contributed by atoms with Crippen LogP contribution in [0.25, 0.3) is 0 Å². The van der Waals surface area contributed by atoms with E-state index in [1.54, 1.807) is 12.1 Å². The average Bonchev–Trinajstić information content (AvgIpc) is 2.76. The van der Waals surface area contributed by atoms with E-state index in [0.29, 0.717) is 12.2 Å². The van der Waals surface area contributed by atoms with Crippen molar-refractivity contribution in [2.75, 3.05) is 38.9 Å². The van der Waals surface area contributed by atoms with E-state index in [2.05, 4.69) is 0 Å². The van der Waals surface area contributed by atoms with Crippen molar-refractivity contribution in [3.63, 3.8) is 0 Å². The van der Waals surface area contributed by atoms with E-state index in [-0.39, 0.29) is 28.7 Å². The molecule has 9 nitrogen and oxygen atoms in total. The number of hydrogen-bond donors (Lipinski definition) is 1. The van der Waals surface area contributed by atoms with E-state index in [4.69, 9.17) is 24.7 Å². The number of rotatable bonds is 10. The number of carbonyl (C=O) groups excluding carboxylic acids is 3. The van der Waals surface area contributed by atoms with Crippen LogP contribution in [0.5, 0.6) is 17.2 Å². The molecule has 2 rings (SSSR count). The summed E-state index contributed by atoms with van der Waals surface area (Å²) >= 11 is 0. The minimum absolute atomic E-state index is 0.0886. The number of para-hydroxylation sites is 1. The molecule has 2 N–H and O–H groups in total. The van der Waals surface area contributed by atoms with E-state index in [1.807, 2.05) is 25.1 Å². The highest BCUT2D eigenvalue weighted by Gasteiger charge is 2.21. The Morgan fingerprint density at radius 3 is 2.07 bits per heavy atom. The molecule has 0 radical (unpaired) electrons. The molecule has 0 heterocycles. The summed E-state index contributed by atoms with van der Waals surface area (Å²) in [6.07, 6.45) is 0. The first kappa shape index (κ1) is 22.5. The number of nitrogens with zero attached hydrogens (tertiary/aromatic N) is 1. The zero-order chi connectivity index (χ0) is 22.1. The minimum atomic E-state index is -0.745. The highest BCUT2D eigenvalue weighted by atomic mass is 16.5. The van der Waals surface area contributed by atoms with Gasteiger partial charge in [-0.3, -0.25) is 9.59 Å². The molecule has 0 aliphatic carbocycles. The highest BCUT2D eigenvalue weighted by Crippen LogP contribution is 2.38. The number of hydrogen-bond acceptors (Lipinski definition) is 7. The summed E-state index contributed by atoms with van der Waals surface area (Å²) in [5, 5.41) is 0. The fourth-order valence-electron chi connectivity index (χ4n) is 2.68. The van der Waals surface area contributed by atoms with Crippen LogP contribution < -0.4 is 24.8 Å². The number of esters is 1. The van der Waals surface area contributed by atoms with Gasteiger partial charge in [-0.05, 0) is 31.2 Å². The second kappa shape index (κ2) is 10.7. The quantitative estimate of drug-likeness (QED) is 0.587. The first-order valence-corrected chi connectivity index (χ1v) is 9.10. The standard InChI is InChI=1S/C21H24N2O7/c1-4-23(15-8-6-5-7-9-15)19(25)13-30-21(26)14-10-16(27-2)20(17(11-14)28-3)29-12-18(22)24/h5-11H,4,12-13H2,1-3H3,(H2,22,24). The van der Waals surface area contributed by atoms with Gasteiger partial charge in [-0.1, -0.05) is 18.2 Å². The van der Waals surface area contributed by atoms with Gasteiger partial charge < -0.3 is 29.6 Å². The van der Waals surface area contributed by atoms with E-state index < -0.39 is 25.1 Å². The third kappa shape index (κ3) is 5.63. The zero-order valence-corrected chi connectivity index (χ0v) is 17.0. The van der Waals surface area contributed by atoms with Gasteiger partial charge in [0.25, 0.3) is 11.8 Å². The first-order valence-electron chi connectivity index (χ1n) is 9.10. The molecule has 0 aliphatic heterocycles. The number of methoxy groups -OCH3 is 2. The Morgan fingerprint density at radius 2 is 1.57 bits per heavy atom. The Morgan fingerprint density at radius 1 is 0.967 bits per heavy atom. The number of amides is 2. The summed E-state index contributed by atoms with van der Waals surface area (Å²) in [4.78, 5) is 37.5. The van der Waals surface area contributed by atoms with Crippen molar-refractivity contribution in [3.8, 4) is 17.2 Å². The van der Waals surface area contributed by atoms with E-state index >= 15 is 0 Å². The number of anilines is 1. The lowest BCUT2D eigenvalue weighted by atomic mass is 10.2. The highest BCUT2D eigenvalue weighted by molar-refractivity contribution is 5.97. The topological polar surface area (TPSA) is 117 Å². The number of benzene rings is 2. The van der Waals surface area contributed by atoms with Gasteiger partial charge in [0.15, 0.2) is 24.7 Å². The minimum Gasteiger partial charge on any atom is -0.493 e. The Balaban J connectivity index is 2.14. The molecule has 2 amide bonds. The molecule has 0 atom stereocenters. The number of likely N-dealkylation sites (N-methyl/N-ethyl adjacent to an activating group) is 1. The summed E-state index contributed by atoms with van der Waals surface area (Å²) < 4.78 is 20.9. The van der Waals surface area contributed by atoms with Crippen LogP contribution in [0.3, 0.4) is 0 Å². The van der Waals surface area contributed by atoms with Crippen molar-refractivity contribution in [1.82, 2.24) is 0 Å². The van der Waals surface area contributed by atoms with E-state index in [1.165, 1.54) is 31.3 Å². The maximum atomic E-state index is 12.5. The van der Waals surface area contributed by atoms with Crippen LogP contribution in [0.15, 0.2) is 42.5 Å². The van der Waals surface area contributed by atoms with Crippen molar-refractivity contribution in [2.45, 2.75) is 6.92 Å². The maximum Gasteiger partial charge on any atom is 0.338 e. The van der Waals surface area contributed by atoms with Crippen molar-refractivity contribution in [2.24, 2.45) is 5.73 Å². The SMILES string of the molecule is CCN(C(=O)COC(=O)c1cc(OC)c(OCC(N)=O)c(OC)c1)c1ccccc1. The second-order valence-electron chi connectivity index (χ2n) is 6.01. The normalized spacial score (nSPS) is 10.1. The van der Waals surface area contributed by atoms with Gasteiger partial charge in [0.1, 0.15) is 0 Å². The fraction of sp³-hybridized carbons (Fsp3) is 0.286. The van der Waals surface area contributed by atoms with Crippen LogP contribution in [0.1, 0.15) is 17.3 Å². The van der Waals surface area contributed by atoms with Gasteiger partial charge in [-0.25, -0.2) is 4.79 Å². The van der Waals surface area contributed by atoms with Crippen LogP contribution in [0.2, 0.25) is 0 Å². The summed E-state index contributed by atoms with van der Waals surface area (Å²) in [7, 11) is 2.73. The number of ether oxygens (including phenoxy) is 4. The van der Waals surface area contributed by atoms with Gasteiger partial charge in [0.2, 0.25) is 5.75 Å². The Labute approximate surface area is 174 Å². The van der Waals surface area contributed by atoms with Crippen LogP contribution in [0.4, 0.5) is 5.69 Å². The summed E-state index contributed by atoms with van der Waals surface area (Å²) in [5.41, 5.74) is 5.89. The number of carbonyl (C=O) groups is 3. The third-order valence-corrected chi connectivity index (χ3v) is 4.07. The van der Waals surface area contributed by atoms with Crippen LogP contribution in [-0.4, -0.2) is 51.8 Å². The van der Waals surface area contributed by atoms with Crippen molar-refractivity contribution in [3.05, 3.63) is 48.0 Å². The summed E-state index contributed by atoms with van der Waals surface area (Å²) in [6.45, 7) is 1.42. The molecule has 0 aromatic heterocycles. The van der Waals surface area contributed by atoms with Crippen molar-refractivity contribution < 1.29 is 33.3 Å². The molecule has 0 spiro atoms. The zero-order valence-electron chi connectivity index (χ0n) is 17.0. The largest absolute Gasteiger partial charge is 0.493 e. The van der Waals surface area contributed by atoms with Gasteiger partial charge in [-0.2, -0.15) is 0 Å². The molecule has 160 valence electrons. The molecule has 2 aromatic rings. The lowest BCUT2D eigenvalue weighted by molar-refractivity contribution is -0.121. The average molecular weight is 416 g/mol. The van der Waals surface area contributed by atoms with Crippen molar-refractivity contribution in [1.29, 1.82) is 0 Å². The predicted molar refractivity (Wildman–Crippen MR) is 109 cm³/mol. The molecule has 0 unspecified atom stereocenters. The Kier molecular flexibility index (Phi) is 8.04. The van der Waals surface area contributed by atoms with E-state index in [9.17, 15) is 14.4 Å². The molecule has 30 heavy (non-hydrogen) atoms. The van der Waals surface area contributed by atoms with Gasteiger partial charge in [-0.15, -0.1) is 0 Å². The summed E-state index contributed by atoms with van der Waals surface area (Å²) in [5.74, 6) is -1.38. The molecule has 0 bridgehead atoms.